The maximum absolute atomic E-state index is 11.9. The summed E-state index contributed by atoms with van der Waals surface area (Å²) < 4.78 is 0. The molecule has 0 atom stereocenters. The molecule has 3 nitrogen and oxygen atoms in total. The molecule has 0 radical (unpaired) electrons. The zero-order chi connectivity index (χ0) is 11.0. The molecule has 1 aromatic heterocycles. The number of aromatic amines is 1. The summed E-state index contributed by atoms with van der Waals surface area (Å²) in [6.45, 7) is 0. The number of hydrogen-bond donors (Lipinski definition) is 2. The maximum Gasteiger partial charge on any atom is 0.267 e. The van der Waals surface area contributed by atoms with Crippen LogP contribution in [0, 0.1) is 0 Å². The van der Waals surface area contributed by atoms with E-state index in [0.29, 0.717) is 11.7 Å². The highest BCUT2D eigenvalue weighted by atomic mass is 16.1. The molecule has 2 aromatic rings. The summed E-state index contributed by atoms with van der Waals surface area (Å²) in [7, 11) is 0. The third-order valence-corrected chi connectivity index (χ3v) is 3.21. The van der Waals surface area contributed by atoms with Gasteiger partial charge in [-0.15, -0.1) is 0 Å². The lowest BCUT2D eigenvalue weighted by Gasteiger charge is -2.25. The molecule has 3 rings (SSSR count). The Hall–Kier alpha value is -1.77. The zero-order valence-corrected chi connectivity index (χ0v) is 8.99. The fourth-order valence-electron chi connectivity index (χ4n) is 2.01. The Morgan fingerprint density at radius 2 is 2.12 bits per heavy atom. The molecule has 1 aromatic carbocycles. The minimum atomic E-state index is 0.0147. The van der Waals surface area contributed by atoms with Gasteiger partial charge in [-0.05, 0) is 31.4 Å². The molecule has 3 heteroatoms. The van der Waals surface area contributed by atoms with Crippen LogP contribution in [0.25, 0.3) is 10.9 Å². The van der Waals surface area contributed by atoms with Crippen molar-refractivity contribution in [1.82, 2.24) is 10.3 Å². The summed E-state index contributed by atoms with van der Waals surface area (Å²) in [6.07, 6.45) is 3.47. The predicted molar refractivity (Wildman–Crippen MR) is 63.4 cm³/mol. The third-order valence-electron chi connectivity index (χ3n) is 3.21. The standard InChI is InChI=1S/C13H14N2O/c16-13(14-10-5-3-6-10)12-8-9-4-1-2-7-11(9)15-12/h1-2,4,7-8,10,15H,3,5-6H2,(H,14,16). The normalized spacial score (nSPS) is 16.0. The number of aromatic nitrogens is 1. The molecule has 0 spiro atoms. The van der Waals surface area contributed by atoms with Crippen molar-refractivity contribution in [3.8, 4) is 0 Å². The van der Waals surface area contributed by atoms with E-state index in [9.17, 15) is 4.79 Å². The van der Waals surface area contributed by atoms with E-state index >= 15 is 0 Å². The van der Waals surface area contributed by atoms with Crippen LogP contribution in [0.3, 0.4) is 0 Å². The van der Waals surface area contributed by atoms with Crippen molar-refractivity contribution in [3.05, 3.63) is 36.0 Å². The minimum absolute atomic E-state index is 0.0147. The molecule has 82 valence electrons. The molecule has 0 bridgehead atoms. The van der Waals surface area contributed by atoms with Crippen molar-refractivity contribution in [2.45, 2.75) is 25.3 Å². The maximum atomic E-state index is 11.9. The van der Waals surface area contributed by atoms with Crippen LogP contribution in [0.15, 0.2) is 30.3 Å². The topological polar surface area (TPSA) is 44.9 Å². The van der Waals surface area contributed by atoms with Gasteiger partial charge in [-0.3, -0.25) is 4.79 Å². The zero-order valence-electron chi connectivity index (χ0n) is 8.99. The summed E-state index contributed by atoms with van der Waals surface area (Å²) in [5, 5.41) is 4.11. The molecule has 0 saturated heterocycles. The van der Waals surface area contributed by atoms with Gasteiger partial charge in [0, 0.05) is 16.9 Å². The van der Waals surface area contributed by atoms with E-state index in [0.717, 1.165) is 23.7 Å². The summed E-state index contributed by atoms with van der Waals surface area (Å²) in [6, 6.07) is 10.2. The highest BCUT2D eigenvalue weighted by molar-refractivity contribution is 5.98. The van der Waals surface area contributed by atoms with Crippen molar-refractivity contribution in [1.29, 1.82) is 0 Å². The van der Waals surface area contributed by atoms with Crippen molar-refractivity contribution < 1.29 is 4.79 Å². The van der Waals surface area contributed by atoms with Crippen LogP contribution in [0.4, 0.5) is 0 Å². The van der Waals surface area contributed by atoms with E-state index in [1.807, 2.05) is 30.3 Å². The van der Waals surface area contributed by atoms with Crippen molar-refractivity contribution in [2.24, 2.45) is 0 Å². The van der Waals surface area contributed by atoms with Crippen LogP contribution in [0.1, 0.15) is 29.8 Å². The van der Waals surface area contributed by atoms with Crippen molar-refractivity contribution in [3.63, 3.8) is 0 Å². The summed E-state index contributed by atoms with van der Waals surface area (Å²) in [5.74, 6) is 0.0147. The van der Waals surface area contributed by atoms with Gasteiger partial charge in [-0.2, -0.15) is 0 Å². The van der Waals surface area contributed by atoms with Gasteiger partial charge in [-0.1, -0.05) is 18.2 Å². The number of nitrogens with one attached hydrogen (secondary N) is 2. The number of hydrogen-bond acceptors (Lipinski definition) is 1. The molecule has 1 saturated carbocycles. The van der Waals surface area contributed by atoms with E-state index in [1.54, 1.807) is 0 Å². The van der Waals surface area contributed by atoms with Crippen LogP contribution in [-0.2, 0) is 0 Å². The number of para-hydroxylation sites is 1. The largest absolute Gasteiger partial charge is 0.351 e. The quantitative estimate of drug-likeness (QED) is 0.792. The van der Waals surface area contributed by atoms with Gasteiger partial charge < -0.3 is 10.3 Å². The van der Waals surface area contributed by atoms with Crippen molar-refractivity contribution in [2.75, 3.05) is 0 Å². The van der Waals surface area contributed by atoms with E-state index < -0.39 is 0 Å². The number of carbonyl (C=O) groups excluding carboxylic acids is 1. The average Bonchev–Trinajstić information content (AvgIpc) is 2.66. The Labute approximate surface area is 93.9 Å². The molecule has 1 aliphatic carbocycles. The van der Waals surface area contributed by atoms with Crippen molar-refractivity contribution >= 4 is 16.8 Å². The average molecular weight is 214 g/mol. The fraction of sp³-hybridized carbons (Fsp3) is 0.308. The van der Waals surface area contributed by atoms with E-state index in [1.165, 1.54) is 6.42 Å². The Morgan fingerprint density at radius 1 is 1.31 bits per heavy atom. The number of rotatable bonds is 2. The Bertz CT molecular complexity index is 492. The summed E-state index contributed by atoms with van der Waals surface area (Å²) in [5.41, 5.74) is 1.68. The molecular weight excluding hydrogens is 200 g/mol. The lowest BCUT2D eigenvalue weighted by Crippen LogP contribution is -2.39. The fourth-order valence-corrected chi connectivity index (χ4v) is 2.01. The first-order chi connectivity index (χ1) is 7.83. The van der Waals surface area contributed by atoms with Crippen LogP contribution < -0.4 is 5.32 Å². The van der Waals surface area contributed by atoms with E-state index in [4.69, 9.17) is 0 Å². The molecule has 0 unspecified atom stereocenters. The molecule has 2 N–H and O–H groups in total. The highest BCUT2D eigenvalue weighted by Crippen LogP contribution is 2.19. The van der Waals surface area contributed by atoms with Gasteiger partial charge in [-0.25, -0.2) is 0 Å². The number of fused-ring (bicyclic) bond motifs is 1. The highest BCUT2D eigenvalue weighted by Gasteiger charge is 2.20. The minimum Gasteiger partial charge on any atom is -0.351 e. The van der Waals surface area contributed by atoms with Gasteiger partial charge in [0.1, 0.15) is 5.69 Å². The Morgan fingerprint density at radius 3 is 2.81 bits per heavy atom. The number of benzene rings is 1. The summed E-state index contributed by atoms with van der Waals surface area (Å²) >= 11 is 0. The van der Waals surface area contributed by atoms with Crippen LogP contribution in [-0.4, -0.2) is 16.9 Å². The van der Waals surface area contributed by atoms with E-state index in [-0.39, 0.29) is 5.91 Å². The summed E-state index contributed by atoms with van der Waals surface area (Å²) in [4.78, 5) is 15.0. The molecule has 1 fully saturated rings. The smallest absolute Gasteiger partial charge is 0.267 e. The van der Waals surface area contributed by atoms with Gasteiger partial charge in [0.2, 0.25) is 0 Å². The number of carbonyl (C=O) groups is 1. The molecule has 1 heterocycles. The number of amides is 1. The van der Waals surface area contributed by atoms with Crippen LogP contribution in [0.5, 0.6) is 0 Å². The number of H-pyrrole nitrogens is 1. The van der Waals surface area contributed by atoms with Gasteiger partial charge in [0.15, 0.2) is 0 Å². The molecule has 0 aliphatic heterocycles. The Balaban J connectivity index is 1.84. The molecule has 16 heavy (non-hydrogen) atoms. The monoisotopic (exact) mass is 214 g/mol. The third kappa shape index (κ3) is 1.58. The van der Waals surface area contributed by atoms with Gasteiger partial charge in [0.05, 0.1) is 0 Å². The second-order valence-electron chi connectivity index (χ2n) is 4.37. The second-order valence-corrected chi connectivity index (χ2v) is 4.37. The lowest BCUT2D eigenvalue weighted by molar-refractivity contribution is 0.0912. The Kier molecular flexibility index (Phi) is 2.17. The molecule has 1 aliphatic rings. The SMILES string of the molecule is O=C(NC1CCC1)c1cc2ccccc2[nH]1. The lowest BCUT2D eigenvalue weighted by atomic mass is 9.93. The first-order valence-corrected chi connectivity index (χ1v) is 5.71. The van der Waals surface area contributed by atoms with Crippen LogP contribution in [0.2, 0.25) is 0 Å². The molecule has 1 amide bonds. The first kappa shape index (κ1) is 9.46. The van der Waals surface area contributed by atoms with Crippen LogP contribution >= 0.6 is 0 Å². The predicted octanol–water partition coefficient (Wildman–Crippen LogP) is 2.45. The first-order valence-electron chi connectivity index (χ1n) is 5.71. The van der Waals surface area contributed by atoms with Gasteiger partial charge in [0.25, 0.3) is 5.91 Å². The molecular formula is C13H14N2O. The second kappa shape index (κ2) is 3.67. The van der Waals surface area contributed by atoms with E-state index in [2.05, 4.69) is 10.3 Å². The van der Waals surface area contributed by atoms with Gasteiger partial charge >= 0.3 is 0 Å².